The van der Waals surface area contributed by atoms with Gasteiger partial charge in [-0.1, -0.05) is 6.07 Å². The van der Waals surface area contributed by atoms with Gasteiger partial charge in [0, 0.05) is 11.4 Å². The third kappa shape index (κ3) is 3.98. The molecule has 4 nitrogen and oxygen atoms in total. The number of halogens is 2. The Morgan fingerprint density at radius 3 is 2.30 bits per heavy atom. The van der Waals surface area contributed by atoms with Crippen LogP contribution in [-0.4, -0.2) is 12.5 Å². The summed E-state index contributed by atoms with van der Waals surface area (Å²) in [7, 11) is 0. The molecule has 0 unspecified atom stereocenters. The van der Waals surface area contributed by atoms with Crippen LogP contribution in [0.5, 0.6) is 5.75 Å². The number of carbonyl (C=O) groups excluding carboxylic acids is 1. The van der Waals surface area contributed by atoms with Crippen LogP contribution in [0.3, 0.4) is 0 Å². The Labute approximate surface area is 133 Å². The molecular formula is C14H12Br2N2O2. The van der Waals surface area contributed by atoms with E-state index in [2.05, 4.69) is 37.2 Å². The number of hydrogen-bond acceptors (Lipinski definition) is 3. The molecule has 0 aliphatic carbocycles. The van der Waals surface area contributed by atoms with E-state index < -0.39 is 0 Å². The summed E-state index contributed by atoms with van der Waals surface area (Å²) in [6.07, 6.45) is 0. The van der Waals surface area contributed by atoms with Crippen molar-refractivity contribution >= 4 is 49.1 Å². The average molecular weight is 400 g/mol. The highest BCUT2D eigenvalue weighted by atomic mass is 79.9. The molecule has 2 aromatic carbocycles. The second-order valence-corrected chi connectivity index (χ2v) is 5.72. The van der Waals surface area contributed by atoms with Gasteiger partial charge in [0.25, 0.3) is 5.91 Å². The van der Waals surface area contributed by atoms with Gasteiger partial charge in [0.1, 0.15) is 5.75 Å². The van der Waals surface area contributed by atoms with Gasteiger partial charge in [0.15, 0.2) is 6.61 Å². The van der Waals surface area contributed by atoms with E-state index in [9.17, 15) is 4.79 Å². The molecule has 1 amide bonds. The van der Waals surface area contributed by atoms with Crippen LogP contribution in [-0.2, 0) is 4.79 Å². The SMILES string of the molecule is Nc1ccc(NC(=O)COc2c(Br)cccc2Br)cc1. The molecule has 2 aromatic rings. The predicted molar refractivity (Wildman–Crippen MR) is 86.8 cm³/mol. The number of benzene rings is 2. The molecule has 0 saturated carbocycles. The van der Waals surface area contributed by atoms with Gasteiger partial charge in [-0.3, -0.25) is 4.79 Å². The number of amides is 1. The predicted octanol–water partition coefficient (Wildman–Crippen LogP) is 3.81. The van der Waals surface area contributed by atoms with Crippen LogP contribution in [0.25, 0.3) is 0 Å². The third-order valence-electron chi connectivity index (χ3n) is 2.46. The van der Waals surface area contributed by atoms with Crippen LogP contribution in [0, 0.1) is 0 Å². The normalized spacial score (nSPS) is 10.1. The molecule has 20 heavy (non-hydrogen) atoms. The fraction of sp³-hybridized carbons (Fsp3) is 0.0714. The fourth-order valence-corrected chi connectivity index (χ4v) is 2.75. The lowest BCUT2D eigenvalue weighted by Gasteiger charge is -2.10. The number of nitrogen functional groups attached to an aromatic ring is 1. The van der Waals surface area contributed by atoms with Crippen molar-refractivity contribution in [1.82, 2.24) is 0 Å². The molecule has 0 aromatic heterocycles. The number of hydrogen-bond donors (Lipinski definition) is 2. The van der Waals surface area contributed by atoms with E-state index >= 15 is 0 Å². The summed E-state index contributed by atoms with van der Waals surface area (Å²) in [6.45, 7) is -0.0778. The molecule has 0 radical (unpaired) electrons. The largest absolute Gasteiger partial charge is 0.481 e. The van der Waals surface area contributed by atoms with Gasteiger partial charge < -0.3 is 15.8 Å². The first kappa shape index (κ1) is 14.9. The molecule has 0 aliphatic heterocycles. The van der Waals surface area contributed by atoms with Crippen LogP contribution in [0.2, 0.25) is 0 Å². The second kappa shape index (κ2) is 6.76. The molecule has 2 rings (SSSR count). The van der Waals surface area contributed by atoms with Gasteiger partial charge in [-0.2, -0.15) is 0 Å². The molecule has 0 saturated heterocycles. The zero-order chi connectivity index (χ0) is 14.5. The third-order valence-corrected chi connectivity index (χ3v) is 3.71. The number of nitrogens with two attached hydrogens (primary N) is 1. The topological polar surface area (TPSA) is 64.3 Å². The number of rotatable bonds is 4. The highest BCUT2D eigenvalue weighted by Crippen LogP contribution is 2.32. The fourth-order valence-electron chi connectivity index (χ4n) is 1.52. The quantitative estimate of drug-likeness (QED) is 0.768. The summed E-state index contributed by atoms with van der Waals surface area (Å²) in [6, 6.07) is 12.5. The van der Waals surface area contributed by atoms with Crippen LogP contribution in [0.15, 0.2) is 51.4 Å². The summed E-state index contributed by atoms with van der Waals surface area (Å²) in [5.41, 5.74) is 6.91. The van der Waals surface area contributed by atoms with Crippen molar-refractivity contribution in [3.8, 4) is 5.75 Å². The molecule has 0 fully saturated rings. The molecule has 3 N–H and O–H groups in total. The first-order valence-corrected chi connectivity index (χ1v) is 7.37. The molecule has 0 bridgehead atoms. The minimum atomic E-state index is -0.238. The van der Waals surface area contributed by atoms with Crippen molar-refractivity contribution < 1.29 is 9.53 Å². The first-order valence-electron chi connectivity index (χ1n) is 5.78. The van der Waals surface area contributed by atoms with Crippen LogP contribution in [0.4, 0.5) is 11.4 Å². The van der Waals surface area contributed by atoms with Crippen LogP contribution < -0.4 is 15.8 Å². The van der Waals surface area contributed by atoms with E-state index in [1.165, 1.54) is 0 Å². The van der Waals surface area contributed by atoms with Crippen molar-refractivity contribution in [2.45, 2.75) is 0 Å². The minimum absolute atomic E-state index is 0.0778. The number of para-hydroxylation sites is 1. The van der Waals surface area contributed by atoms with E-state index in [0.717, 1.165) is 8.95 Å². The van der Waals surface area contributed by atoms with Gasteiger partial charge >= 0.3 is 0 Å². The number of ether oxygens (including phenoxy) is 1. The van der Waals surface area contributed by atoms with Gasteiger partial charge in [-0.05, 0) is 68.3 Å². The van der Waals surface area contributed by atoms with Crippen molar-refractivity contribution in [2.24, 2.45) is 0 Å². The van der Waals surface area contributed by atoms with Gasteiger partial charge in [-0.15, -0.1) is 0 Å². The molecule has 104 valence electrons. The monoisotopic (exact) mass is 398 g/mol. The molecular weight excluding hydrogens is 388 g/mol. The Kier molecular flexibility index (Phi) is 5.03. The zero-order valence-electron chi connectivity index (χ0n) is 10.4. The zero-order valence-corrected chi connectivity index (χ0v) is 13.6. The van der Waals surface area contributed by atoms with Crippen molar-refractivity contribution in [3.63, 3.8) is 0 Å². The smallest absolute Gasteiger partial charge is 0.262 e. The molecule has 0 spiro atoms. The maximum atomic E-state index is 11.8. The van der Waals surface area contributed by atoms with Crippen molar-refractivity contribution in [1.29, 1.82) is 0 Å². The highest BCUT2D eigenvalue weighted by Gasteiger charge is 2.09. The summed E-state index contributed by atoms with van der Waals surface area (Å²) in [5.74, 6) is 0.359. The highest BCUT2D eigenvalue weighted by molar-refractivity contribution is 9.11. The molecule has 6 heteroatoms. The lowest BCUT2D eigenvalue weighted by molar-refractivity contribution is -0.118. The van der Waals surface area contributed by atoms with Gasteiger partial charge in [-0.25, -0.2) is 0 Å². The summed E-state index contributed by atoms with van der Waals surface area (Å²) in [5, 5.41) is 2.73. The van der Waals surface area contributed by atoms with Crippen molar-refractivity contribution in [3.05, 3.63) is 51.4 Å². The average Bonchev–Trinajstić information content (AvgIpc) is 2.41. The minimum Gasteiger partial charge on any atom is -0.481 e. The molecule has 0 aliphatic rings. The van der Waals surface area contributed by atoms with E-state index in [1.807, 2.05) is 18.2 Å². The van der Waals surface area contributed by atoms with Crippen LogP contribution in [0.1, 0.15) is 0 Å². The summed E-state index contributed by atoms with van der Waals surface area (Å²) >= 11 is 6.74. The van der Waals surface area contributed by atoms with Crippen LogP contribution >= 0.6 is 31.9 Å². The Balaban J connectivity index is 1.94. The van der Waals surface area contributed by atoms with Crippen molar-refractivity contribution in [2.75, 3.05) is 17.7 Å². The van der Waals surface area contributed by atoms with Gasteiger partial charge in [0.2, 0.25) is 0 Å². The standard InChI is InChI=1S/C14H12Br2N2O2/c15-11-2-1-3-12(16)14(11)20-8-13(19)18-10-6-4-9(17)5-7-10/h1-7H,8,17H2,(H,18,19). The second-order valence-electron chi connectivity index (χ2n) is 4.01. The Hall–Kier alpha value is -1.53. The molecule has 0 heterocycles. The van der Waals surface area contributed by atoms with E-state index in [-0.39, 0.29) is 12.5 Å². The number of anilines is 2. The van der Waals surface area contributed by atoms with E-state index in [4.69, 9.17) is 10.5 Å². The summed E-state index contributed by atoms with van der Waals surface area (Å²) in [4.78, 5) is 11.8. The lowest BCUT2D eigenvalue weighted by Crippen LogP contribution is -2.20. The van der Waals surface area contributed by atoms with E-state index in [0.29, 0.717) is 17.1 Å². The molecule has 0 atom stereocenters. The van der Waals surface area contributed by atoms with Gasteiger partial charge in [0.05, 0.1) is 8.95 Å². The Bertz CT molecular complexity index is 595. The maximum absolute atomic E-state index is 11.8. The number of nitrogens with one attached hydrogen (secondary N) is 1. The maximum Gasteiger partial charge on any atom is 0.262 e. The Morgan fingerprint density at radius 1 is 1.10 bits per heavy atom. The Morgan fingerprint density at radius 2 is 1.70 bits per heavy atom. The lowest BCUT2D eigenvalue weighted by atomic mass is 10.3. The van der Waals surface area contributed by atoms with E-state index in [1.54, 1.807) is 24.3 Å². The summed E-state index contributed by atoms with van der Waals surface area (Å²) < 4.78 is 7.06. The number of carbonyl (C=O) groups is 1. The first-order chi connectivity index (χ1) is 9.56.